The molecule has 1 aromatic rings. The van der Waals surface area contributed by atoms with Crippen LogP contribution in [-0.4, -0.2) is 54.9 Å². The van der Waals surface area contributed by atoms with E-state index in [0.717, 1.165) is 39.2 Å². The van der Waals surface area contributed by atoms with E-state index in [1.54, 1.807) is 12.1 Å². The van der Waals surface area contributed by atoms with Gasteiger partial charge in [0.25, 0.3) is 0 Å². The Morgan fingerprint density at radius 1 is 1.33 bits per heavy atom. The van der Waals surface area contributed by atoms with Crippen molar-refractivity contribution in [2.24, 2.45) is 0 Å². The van der Waals surface area contributed by atoms with Crippen LogP contribution in [0.5, 0.6) is 5.75 Å². The van der Waals surface area contributed by atoms with Gasteiger partial charge in [0.05, 0.1) is 12.7 Å². The smallest absolute Gasteiger partial charge is 0.115 e. The van der Waals surface area contributed by atoms with Gasteiger partial charge in [0.15, 0.2) is 0 Å². The van der Waals surface area contributed by atoms with Gasteiger partial charge < -0.3 is 15.2 Å². The van der Waals surface area contributed by atoms with Crippen LogP contribution in [0.1, 0.15) is 25.8 Å². The van der Waals surface area contributed by atoms with Crippen LogP contribution < -0.4 is 5.32 Å². The second kappa shape index (κ2) is 8.37. The van der Waals surface area contributed by atoms with Gasteiger partial charge in [-0.05, 0) is 43.6 Å². The molecule has 0 bridgehead atoms. The number of benzene rings is 1. The number of hydrogen-bond donors (Lipinski definition) is 2. The van der Waals surface area contributed by atoms with E-state index < -0.39 is 0 Å². The summed E-state index contributed by atoms with van der Waals surface area (Å²) >= 11 is 0. The number of phenolic OH excluding ortho intramolecular Hbond substituents is 1. The average molecular weight is 292 g/mol. The lowest BCUT2D eigenvalue weighted by Crippen LogP contribution is -2.53. The summed E-state index contributed by atoms with van der Waals surface area (Å²) in [6, 6.07) is 7.81. The molecule has 21 heavy (non-hydrogen) atoms. The molecule has 4 nitrogen and oxygen atoms in total. The van der Waals surface area contributed by atoms with E-state index in [1.165, 1.54) is 12.0 Å². The Bertz CT molecular complexity index is 406. The second-order valence-electron chi connectivity index (χ2n) is 5.74. The summed E-state index contributed by atoms with van der Waals surface area (Å²) in [7, 11) is 0. The Morgan fingerprint density at radius 3 is 2.76 bits per heavy atom. The maximum atomic E-state index is 9.39. The Hall–Kier alpha value is -1.10. The number of ether oxygens (including phenoxy) is 1. The van der Waals surface area contributed by atoms with E-state index >= 15 is 0 Å². The molecule has 0 radical (unpaired) electrons. The summed E-state index contributed by atoms with van der Waals surface area (Å²) in [4.78, 5) is 2.50. The minimum atomic E-state index is 0.235. The van der Waals surface area contributed by atoms with Crippen LogP contribution in [0.25, 0.3) is 0 Å². The van der Waals surface area contributed by atoms with E-state index in [9.17, 15) is 5.11 Å². The quantitative estimate of drug-likeness (QED) is 0.807. The molecule has 1 saturated heterocycles. The fourth-order valence-electron chi connectivity index (χ4n) is 2.98. The largest absolute Gasteiger partial charge is 0.508 e. The Kier molecular flexibility index (Phi) is 6.49. The highest BCUT2D eigenvalue weighted by molar-refractivity contribution is 5.26. The third kappa shape index (κ3) is 4.99. The second-order valence-corrected chi connectivity index (χ2v) is 5.74. The molecule has 2 atom stereocenters. The normalized spacial score (nSPS) is 21.3. The molecule has 0 amide bonds. The summed E-state index contributed by atoms with van der Waals surface area (Å²) in [5, 5.41) is 13.0. The van der Waals surface area contributed by atoms with Gasteiger partial charge in [0.1, 0.15) is 5.75 Å². The fourth-order valence-corrected chi connectivity index (χ4v) is 2.98. The average Bonchev–Trinajstić information content (AvgIpc) is 2.50. The van der Waals surface area contributed by atoms with Gasteiger partial charge in [-0.15, -0.1) is 0 Å². The summed E-state index contributed by atoms with van der Waals surface area (Å²) in [6.07, 6.45) is 2.36. The molecule has 0 saturated carbocycles. The Labute approximate surface area is 128 Å². The first-order valence-electron chi connectivity index (χ1n) is 8.08. The minimum absolute atomic E-state index is 0.235. The van der Waals surface area contributed by atoms with Gasteiger partial charge in [0, 0.05) is 19.1 Å². The number of hydrogen-bond acceptors (Lipinski definition) is 4. The fraction of sp³-hybridized carbons (Fsp3) is 0.647. The van der Waals surface area contributed by atoms with Crippen molar-refractivity contribution >= 4 is 0 Å². The highest BCUT2D eigenvalue weighted by Crippen LogP contribution is 2.16. The maximum Gasteiger partial charge on any atom is 0.115 e. The minimum Gasteiger partial charge on any atom is -0.508 e. The molecule has 0 aliphatic carbocycles. The summed E-state index contributed by atoms with van der Waals surface area (Å²) in [5.41, 5.74) is 1.23. The first-order chi connectivity index (χ1) is 10.2. The van der Waals surface area contributed by atoms with Crippen LogP contribution in [0.3, 0.4) is 0 Å². The van der Waals surface area contributed by atoms with Crippen molar-refractivity contribution in [1.29, 1.82) is 0 Å². The Morgan fingerprint density at radius 2 is 2.10 bits per heavy atom. The van der Waals surface area contributed by atoms with Crippen LogP contribution in [0.4, 0.5) is 0 Å². The highest BCUT2D eigenvalue weighted by Gasteiger charge is 2.27. The van der Waals surface area contributed by atoms with Gasteiger partial charge in [-0.25, -0.2) is 0 Å². The van der Waals surface area contributed by atoms with Crippen molar-refractivity contribution in [2.45, 2.75) is 38.8 Å². The Balaban J connectivity index is 1.98. The lowest BCUT2D eigenvalue weighted by atomic mass is 9.99. The third-order valence-electron chi connectivity index (χ3n) is 4.02. The summed E-state index contributed by atoms with van der Waals surface area (Å²) < 4.78 is 6.01. The van der Waals surface area contributed by atoms with Gasteiger partial charge >= 0.3 is 0 Å². The van der Waals surface area contributed by atoms with Crippen molar-refractivity contribution < 1.29 is 9.84 Å². The van der Waals surface area contributed by atoms with Gasteiger partial charge in [0.2, 0.25) is 0 Å². The highest BCUT2D eigenvalue weighted by atomic mass is 16.5. The van der Waals surface area contributed by atoms with Crippen LogP contribution in [0, 0.1) is 0 Å². The van der Waals surface area contributed by atoms with E-state index in [4.69, 9.17) is 4.74 Å². The first kappa shape index (κ1) is 16.3. The van der Waals surface area contributed by atoms with Crippen molar-refractivity contribution in [3.05, 3.63) is 29.8 Å². The van der Waals surface area contributed by atoms with Crippen molar-refractivity contribution in [3.63, 3.8) is 0 Å². The predicted molar refractivity (Wildman–Crippen MR) is 85.7 cm³/mol. The molecule has 1 aromatic carbocycles. The number of phenols is 1. The molecule has 4 heteroatoms. The molecule has 0 aromatic heterocycles. The zero-order valence-electron chi connectivity index (χ0n) is 13.2. The molecule has 1 aliphatic heterocycles. The first-order valence-corrected chi connectivity index (χ1v) is 8.08. The molecule has 118 valence electrons. The van der Waals surface area contributed by atoms with Crippen molar-refractivity contribution in [1.82, 2.24) is 10.2 Å². The lowest BCUT2D eigenvalue weighted by molar-refractivity contribution is -0.0459. The van der Waals surface area contributed by atoms with E-state index in [2.05, 4.69) is 24.1 Å². The molecule has 0 spiro atoms. The van der Waals surface area contributed by atoms with Crippen molar-refractivity contribution in [2.75, 3.05) is 32.8 Å². The molecular formula is C17H28N2O2. The van der Waals surface area contributed by atoms with Crippen LogP contribution >= 0.6 is 0 Å². The van der Waals surface area contributed by atoms with Crippen LogP contribution in [0.15, 0.2) is 24.3 Å². The topological polar surface area (TPSA) is 44.7 Å². The number of nitrogens with one attached hydrogen (secondary N) is 1. The molecule has 1 heterocycles. The van der Waals surface area contributed by atoms with Crippen LogP contribution in [-0.2, 0) is 11.2 Å². The molecule has 2 N–H and O–H groups in total. The van der Waals surface area contributed by atoms with Crippen molar-refractivity contribution in [3.8, 4) is 5.75 Å². The monoisotopic (exact) mass is 292 g/mol. The zero-order valence-corrected chi connectivity index (χ0v) is 13.2. The predicted octanol–water partition coefficient (Wildman–Crippen LogP) is 2.02. The molecule has 1 aliphatic rings. The lowest BCUT2D eigenvalue weighted by Gasteiger charge is -2.37. The molecule has 2 unspecified atom stereocenters. The standard InChI is InChI=1S/C17H28N2O2/c1-3-9-19-10-11-21-17(13-19)16(18-4-2)12-14-5-7-15(20)8-6-14/h5-8,16-18,20H,3-4,9-13H2,1-2H3. The third-order valence-corrected chi connectivity index (χ3v) is 4.02. The van der Waals surface area contributed by atoms with Gasteiger partial charge in [-0.3, -0.25) is 4.90 Å². The zero-order chi connectivity index (χ0) is 15.1. The summed E-state index contributed by atoms with van der Waals surface area (Å²) in [5.74, 6) is 0.321. The van der Waals surface area contributed by atoms with E-state index in [1.807, 2.05) is 12.1 Å². The molecule has 1 fully saturated rings. The SMILES string of the molecule is CCCN1CCOC(C(Cc2ccc(O)cc2)NCC)C1. The number of morpholine rings is 1. The number of likely N-dealkylation sites (N-methyl/N-ethyl adjacent to an activating group) is 1. The molecule has 2 rings (SSSR count). The number of aromatic hydroxyl groups is 1. The maximum absolute atomic E-state index is 9.39. The van der Waals surface area contributed by atoms with E-state index in [0.29, 0.717) is 11.8 Å². The number of nitrogens with zero attached hydrogens (tertiary/aromatic N) is 1. The van der Waals surface area contributed by atoms with Gasteiger partial charge in [-0.1, -0.05) is 26.0 Å². The van der Waals surface area contributed by atoms with Gasteiger partial charge in [-0.2, -0.15) is 0 Å². The number of rotatable bonds is 7. The molecular weight excluding hydrogens is 264 g/mol. The summed E-state index contributed by atoms with van der Waals surface area (Å²) in [6.45, 7) is 9.32. The van der Waals surface area contributed by atoms with Crippen LogP contribution in [0.2, 0.25) is 0 Å². The van der Waals surface area contributed by atoms with E-state index in [-0.39, 0.29) is 6.10 Å².